The molecular formula is C15H24F3IN4O. The fourth-order valence-corrected chi connectivity index (χ4v) is 1.63. The molecule has 0 aliphatic rings. The lowest BCUT2D eigenvalue weighted by Crippen LogP contribution is -2.38. The van der Waals surface area contributed by atoms with Gasteiger partial charge in [0.1, 0.15) is 0 Å². The second-order valence-corrected chi connectivity index (χ2v) is 4.84. The molecule has 2 N–H and O–H groups in total. The summed E-state index contributed by atoms with van der Waals surface area (Å²) in [6.45, 7) is 5.15. The van der Waals surface area contributed by atoms with Crippen LogP contribution in [0.3, 0.4) is 0 Å². The molecule has 5 nitrogen and oxygen atoms in total. The van der Waals surface area contributed by atoms with Gasteiger partial charge in [0.05, 0.1) is 19.6 Å². The molecule has 0 saturated carbocycles. The van der Waals surface area contributed by atoms with E-state index in [1.54, 1.807) is 12.3 Å². The van der Waals surface area contributed by atoms with Gasteiger partial charge in [-0.3, -0.25) is 0 Å². The second-order valence-electron chi connectivity index (χ2n) is 4.84. The lowest BCUT2D eigenvalue weighted by atomic mass is 10.3. The maximum absolute atomic E-state index is 12.1. The van der Waals surface area contributed by atoms with Crippen LogP contribution >= 0.6 is 24.0 Å². The largest absolute Gasteiger partial charge is 0.478 e. The Morgan fingerprint density at radius 2 is 2.00 bits per heavy atom. The highest BCUT2D eigenvalue weighted by Crippen LogP contribution is 2.18. The van der Waals surface area contributed by atoms with Gasteiger partial charge in [-0.2, -0.15) is 13.2 Å². The lowest BCUT2D eigenvalue weighted by Gasteiger charge is -2.12. The smallest absolute Gasteiger partial charge is 0.390 e. The second kappa shape index (κ2) is 12.2. The molecule has 9 heteroatoms. The van der Waals surface area contributed by atoms with Crippen LogP contribution < -0.4 is 15.4 Å². The molecular weight excluding hydrogens is 436 g/mol. The molecule has 138 valence electrons. The molecule has 1 aromatic heterocycles. The molecule has 1 aromatic rings. The Morgan fingerprint density at radius 3 is 2.54 bits per heavy atom. The molecule has 0 aliphatic carbocycles. The van der Waals surface area contributed by atoms with E-state index in [1.807, 2.05) is 19.9 Å². The first kappa shape index (κ1) is 22.7. The third-order valence-corrected chi connectivity index (χ3v) is 2.72. The summed E-state index contributed by atoms with van der Waals surface area (Å²) in [6, 6.07) is 3.59. The van der Waals surface area contributed by atoms with Gasteiger partial charge in [-0.05, 0) is 18.9 Å². The van der Waals surface area contributed by atoms with Gasteiger partial charge in [0, 0.05) is 25.4 Å². The number of alkyl halides is 3. The van der Waals surface area contributed by atoms with Crippen molar-refractivity contribution < 1.29 is 17.9 Å². The van der Waals surface area contributed by atoms with Crippen LogP contribution in [-0.2, 0) is 6.54 Å². The van der Waals surface area contributed by atoms with Crippen LogP contribution in [0.15, 0.2) is 23.3 Å². The Balaban J connectivity index is 0.00000529. The average Bonchev–Trinajstić information content (AvgIpc) is 2.50. The van der Waals surface area contributed by atoms with Gasteiger partial charge in [-0.25, -0.2) is 9.98 Å². The molecule has 1 rings (SSSR count). The van der Waals surface area contributed by atoms with Crippen molar-refractivity contribution in [1.82, 2.24) is 15.6 Å². The normalized spacial score (nSPS) is 11.6. The van der Waals surface area contributed by atoms with Crippen molar-refractivity contribution in [2.24, 2.45) is 4.99 Å². The monoisotopic (exact) mass is 460 g/mol. The number of hydrogen-bond donors (Lipinski definition) is 2. The highest BCUT2D eigenvalue weighted by atomic mass is 127. The van der Waals surface area contributed by atoms with Crippen molar-refractivity contribution in [3.05, 3.63) is 23.9 Å². The number of ether oxygens (including phenoxy) is 1. The van der Waals surface area contributed by atoms with E-state index < -0.39 is 12.6 Å². The van der Waals surface area contributed by atoms with Crippen LogP contribution in [0, 0.1) is 0 Å². The first-order valence-electron chi connectivity index (χ1n) is 7.61. The van der Waals surface area contributed by atoms with Gasteiger partial charge in [-0.15, -0.1) is 24.0 Å². The van der Waals surface area contributed by atoms with Crippen molar-refractivity contribution in [2.45, 2.75) is 39.4 Å². The summed E-state index contributed by atoms with van der Waals surface area (Å²) >= 11 is 0. The molecule has 0 amide bonds. The maximum Gasteiger partial charge on any atom is 0.390 e. The summed E-state index contributed by atoms with van der Waals surface area (Å²) in [6.07, 6.45) is -2.53. The maximum atomic E-state index is 12.1. The Bertz CT molecular complexity index is 481. The van der Waals surface area contributed by atoms with Gasteiger partial charge < -0.3 is 15.4 Å². The molecule has 0 unspecified atom stereocenters. The number of nitrogens with zero attached hydrogens (tertiary/aromatic N) is 2. The van der Waals surface area contributed by atoms with E-state index in [1.165, 1.54) is 0 Å². The van der Waals surface area contributed by atoms with E-state index in [2.05, 4.69) is 20.6 Å². The summed E-state index contributed by atoms with van der Waals surface area (Å²) in [5.74, 6) is 0.901. The topological polar surface area (TPSA) is 58.5 Å². The number of guanidine groups is 1. The van der Waals surface area contributed by atoms with Crippen LogP contribution in [0.25, 0.3) is 0 Å². The van der Waals surface area contributed by atoms with Crippen LogP contribution in [0.4, 0.5) is 13.2 Å². The van der Waals surface area contributed by atoms with Crippen molar-refractivity contribution in [3.63, 3.8) is 0 Å². The molecule has 0 atom stereocenters. The van der Waals surface area contributed by atoms with Crippen LogP contribution in [-0.4, -0.2) is 36.8 Å². The Kier molecular flexibility index (Phi) is 11.5. The Hall–Kier alpha value is -1.26. The van der Waals surface area contributed by atoms with Gasteiger partial charge >= 0.3 is 6.18 Å². The fourth-order valence-electron chi connectivity index (χ4n) is 1.63. The number of aliphatic imine (C=N–C) groups is 1. The minimum Gasteiger partial charge on any atom is -0.478 e. The summed E-state index contributed by atoms with van der Waals surface area (Å²) < 4.78 is 41.8. The summed E-state index contributed by atoms with van der Waals surface area (Å²) in [5.41, 5.74) is 0.849. The van der Waals surface area contributed by atoms with E-state index in [0.717, 1.165) is 12.0 Å². The molecule has 0 aliphatic heterocycles. The summed E-state index contributed by atoms with van der Waals surface area (Å²) in [5, 5.41) is 5.57. The summed E-state index contributed by atoms with van der Waals surface area (Å²) in [7, 11) is 0. The van der Waals surface area contributed by atoms with Crippen molar-refractivity contribution in [3.8, 4) is 5.88 Å². The third kappa shape index (κ3) is 10.5. The highest BCUT2D eigenvalue weighted by molar-refractivity contribution is 14.0. The number of aromatic nitrogens is 1. The minimum atomic E-state index is -4.18. The highest BCUT2D eigenvalue weighted by Gasteiger charge is 2.26. The lowest BCUT2D eigenvalue weighted by molar-refractivity contribution is -0.132. The zero-order valence-corrected chi connectivity index (χ0v) is 16.1. The molecule has 0 saturated heterocycles. The van der Waals surface area contributed by atoms with Crippen LogP contribution in [0.1, 0.15) is 32.3 Å². The van der Waals surface area contributed by atoms with Gasteiger partial charge in [0.15, 0.2) is 5.96 Å². The SMILES string of the molecule is CCCOc1ccc(CN=C(NCC)NCCC(F)(F)F)cn1.I. The third-order valence-electron chi connectivity index (χ3n) is 2.72. The molecule has 1 heterocycles. The molecule has 24 heavy (non-hydrogen) atoms. The Labute approximate surface area is 157 Å². The summed E-state index contributed by atoms with van der Waals surface area (Å²) in [4.78, 5) is 8.39. The molecule has 0 fully saturated rings. The first-order valence-corrected chi connectivity index (χ1v) is 7.61. The fraction of sp³-hybridized carbons (Fsp3) is 0.600. The number of nitrogens with one attached hydrogen (secondary N) is 2. The number of halogens is 4. The van der Waals surface area contributed by atoms with Gasteiger partial charge in [-0.1, -0.05) is 13.0 Å². The van der Waals surface area contributed by atoms with Crippen LogP contribution in [0.5, 0.6) is 5.88 Å². The molecule has 0 spiro atoms. The predicted molar refractivity (Wildman–Crippen MR) is 98.9 cm³/mol. The minimum absolute atomic E-state index is 0. The molecule has 0 radical (unpaired) electrons. The quantitative estimate of drug-likeness (QED) is 0.355. The van der Waals surface area contributed by atoms with E-state index >= 15 is 0 Å². The van der Waals surface area contributed by atoms with Gasteiger partial charge in [0.25, 0.3) is 0 Å². The number of hydrogen-bond acceptors (Lipinski definition) is 3. The Morgan fingerprint density at radius 1 is 1.25 bits per heavy atom. The molecule has 0 bridgehead atoms. The van der Waals surface area contributed by atoms with E-state index in [4.69, 9.17) is 4.74 Å². The average molecular weight is 460 g/mol. The van der Waals surface area contributed by atoms with Crippen molar-refractivity contribution in [2.75, 3.05) is 19.7 Å². The van der Waals surface area contributed by atoms with Crippen molar-refractivity contribution in [1.29, 1.82) is 0 Å². The van der Waals surface area contributed by atoms with Crippen LogP contribution in [0.2, 0.25) is 0 Å². The molecule has 0 aromatic carbocycles. The van der Waals surface area contributed by atoms with Gasteiger partial charge in [0.2, 0.25) is 5.88 Å². The number of pyridine rings is 1. The number of rotatable bonds is 8. The standard InChI is InChI=1S/C15H23F3N4O.HI/c1-3-9-23-13-6-5-12(10-21-13)11-22-14(19-4-2)20-8-7-15(16,17)18;/h5-6,10H,3-4,7-9,11H2,1-2H3,(H2,19,20,22);1H. The van der Waals surface area contributed by atoms with E-state index in [-0.39, 0.29) is 30.5 Å². The first-order chi connectivity index (χ1) is 10.9. The zero-order chi connectivity index (χ0) is 17.1. The predicted octanol–water partition coefficient (Wildman–Crippen LogP) is 3.50. The van der Waals surface area contributed by atoms with Crippen molar-refractivity contribution >= 4 is 29.9 Å². The zero-order valence-electron chi connectivity index (χ0n) is 13.8. The van der Waals surface area contributed by atoms with E-state index in [9.17, 15) is 13.2 Å². The van der Waals surface area contributed by atoms with E-state index in [0.29, 0.717) is 31.5 Å².